The van der Waals surface area contributed by atoms with Gasteiger partial charge >= 0.3 is 0 Å². The van der Waals surface area contributed by atoms with E-state index in [0.29, 0.717) is 5.92 Å². The van der Waals surface area contributed by atoms with E-state index < -0.39 is 8.07 Å². The molecule has 0 amide bonds. The molecule has 0 fully saturated rings. The van der Waals surface area contributed by atoms with Crippen molar-refractivity contribution in [2.45, 2.75) is 46.3 Å². The third-order valence-electron chi connectivity index (χ3n) is 6.90. The molecule has 0 aliphatic rings. The minimum atomic E-state index is -1.32. The van der Waals surface area contributed by atoms with Crippen molar-refractivity contribution in [3.8, 4) is 22.5 Å². The molecule has 0 saturated heterocycles. The molecule has 0 saturated carbocycles. The summed E-state index contributed by atoms with van der Waals surface area (Å²) in [6.45, 7) is 13.6. The number of aromatic nitrogens is 2. The Balaban J connectivity index is 0.000000223. The minimum Gasteiger partial charge on any atom is -0.304 e. The fourth-order valence-corrected chi connectivity index (χ4v) is 6.82. The van der Waals surface area contributed by atoms with Gasteiger partial charge in [0.1, 0.15) is 0 Å². The Morgan fingerprint density at radius 2 is 1.55 bits per heavy atom. The maximum absolute atomic E-state index is 4.73. The average Bonchev–Trinajstić information content (AvgIpc) is 3.32. The molecule has 0 spiro atoms. The first-order valence-corrected chi connectivity index (χ1v) is 17.8. The van der Waals surface area contributed by atoms with E-state index in [1.54, 1.807) is 0 Å². The van der Waals surface area contributed by atoms with Crippen LogP contribution >= 0.6 is 11.3 Å². The van der Waals surface area contributed by atoms with Gasteiger partial charge in [0.2, 0.25) is 0 Å². The number of hydrogen-bond donors (Lipinski definition) is 0. The van der Waals surface area contributed by atoms with E-state index in [0.717, 1.165) is 22.5 Å². The van der Waals surface area contributed by atoms with E-state index in [-0.39, 0.29) is 20.1 Å². The Bertz CT molecular complexity index is 1700. The van der Waals surface area contributed by atoms with Gasteiger partial charge in [-0.1, -0.05) is 80.5 Å². The van der Waals surface area contributed by atoms with Crippen LogP contribution in [0.4, 0.5) is 0 Å². The van der Waals surface area contributed by atoms with E-state index >= 15 is 0 Å². The standard InChI is InChI=1S/C23H24NSSi.C12H10N.Ir/c1-15(2)16-9-11-21(24-14-16)19-8-6-7-18-20-13-17(26(3,4)5)10-12-22(20)25-23(18)19;1-10-7-8-12(13-9-10)11-5-3-2-4-6-11;/h6-7,9-15H,1-5H3;2-5,7-9H,1H3;/q2*-1;. The molecule has 0 unspecified atom stereocenters. The molecule has 5 heteroatoms. The normalized spacial score (nSPS) is 11.3. The van der Waals surface area contributed by atoms with Gasteiger partial charge in [-0.2, -0.15) is 11.3 Å². The van der Waals surface area contributed by atoms with Crippen molar-refractivity contribution < 1.29 is 20.1 Å². The topological polar surface area (TPSA) is 25.8 Å². The zero-order valence-corrected chi connectivity index (χ0v) is 28.1. The Morgan fingerprint density at radius 1 is 0.775 bits per heavy atom. The maximum atomic E-state index is 4.73. The first-order chi connectivity index (χ1) is 18.7. The van der Waals surface area contributed by atoms with Gasteiger partial charge in [-0.25, -0.2) is 0 Å². The van der Waals surface area contributed by atoms with Crippen molar-refractivity contribution in [1.29, 1.82) is 0 Å². The Morgan fingerprint density at radius 3 is 2.17 bits per heavy atom. The Labute approximate surface area is 256 Å². The van der Waals surface area contributed by atoms with Crippen LogP contribution in [0.1, 0.15) is 30.9 Å². The van der Waals surface area contributed by atoms with E-state index in [2.05, 4.69) is 93.1 Å². The summed E-state index contributed by atoms with van der Waals surface area (Å²) in [4.78, 5) is 9.05. The quantitative estimate of drug-likeness (QED) is 0.133. The smallest absolute Gasteiger partial charge is 0.0776 e. The van der Waals surface area contributed by atoms with E-state index in [1.165, 1.54) is 36.5 Å². The molecule has 0 N–H and O–H groups in total. The number of hydrogen-bond acceptors (Lipinski definition) is 3. The van der Waals surface area contributed by atoms with Gasteiger partial charge in [0.05, 0.1) is 8.07 Å². The molecule has 205 valence electrons. The molecule has 0 aliphatic carbocycles. The molecular weight excluding hydrogens is 701 g/mol. The van der Waals surface area contributed by atoms with Crippen LogP contribution in [0.5, 0.6) is 0 Å². The van der Waals surface area contributed by atoms with Gasteiger partial charge in [0.15, 0.2) is 0 Å². The second kappa shape index (κ2) is 12.7. The van der Waals surface area contributed by atoms with E-state index in [9.17, 15) is 0 Å². The monoisotopic (exact) mass is 735 g/mol. The number of aryl methyl sites for hydroxylation is 1. The van der Waals surface area contributed by atoms with Gasteiger partial charge in [-0.15, -0.1) is 59.7 Å². The average molecular weight is 735 g/mol. The molecule has 3 heterocycles. The van der Waals surface area contributed by atoms with Gasteiger partial charge in [-0.3, -0.25) is 0 Å². The summed E-state index contributed by atoms with van der Waals surface area (Å²) in [5, 5.41) is 4.21. The van der Waals surface area contributed by atoms with Crippen LogP contribution in [0.15, 0.2) is 91.3 Å². The molecule has 40 heavy (non-hydrogen) atoms. The molecule has 1 radical (unpaired) electrons. The van der Waals surface area contributed by atoms with Gasteiger partial charge in [0, 0.05) is 37.2 Å². The van der Waals surface area contributed by atoms with Crippen molar-refractivity contribution in [3.63, 3.8) is 0 Å². The molecule has 0 atom stereocenters. The van der Waals surface area contributed by atoms with Crippen molar-refractivity contribution in [2.24, 2.45) is 0 Å². The van der Waals surface area contributed by atoms with Crippen LogP contribution in [0.2, 0.25) is 19.6 Å². The third kappa shape index (κ3) is 6.67. The fraction of sp³-hybridized carbons (Fsp3) is 0.200. The zero-order chi connectivity index (χ0) is 27.6. The van der Waals surface area contributed by atoms with Crippen LogP contribution < -0.4 is 5.19 Å². The summed E-state index contributed by atoms with van der Waals surface area (Å²) in [5.41, 5.74) is 6.61. The number of benzene rings is 3. The SMILES string of the molecule is CC(C)c1ccc(-c2[c-]ccc3c2sc2ccc([Si](C)(C)C)cc23)nc1.Cc1ccc(-c2[c-]cccc2)nc1.[Ir]. The zero-order valence-electron chi connectivity index (χ0n) is 23.9. The third-order valence-corrected chi connectivity index (χ3v) is 10.1. The largest absolute Gasteiger partial charge is 0.304 e. The minimum absolute atomic E-state index is 0. The molecule has 6 rings (SSSR count). The summed E-state index contributed by atoms with van der Waals surface area (Å²) < 4.78 is 2.64. The van der Waals surface area contributed by atoms with E-state index in [1.807, 2.05) is 67.1 Å². The van der Waals surface area contributed by atoms with Gasteiger partial charge in [0.25, 0.3) is 0 Å². The fourth-order valence-electron chi connectivity index (χ4n) is 4.47. The van der Waals surface area contributed by atoms with Crippen LogP contribution in [-0.2, 0) is 20.1 Å². The van der Waals surface area contributed by atoms with Gasteiger partial charge in [-0.05, 0) is 51.5 Å². The molecule has 6 aromatic rings. The molecule has 0 bridgehead atoms. The van der Waals surface area contributed by atoms with Crippen LogP contribution in [-0.4, -0.2) is 18.0 Å². The van der Waals surface area contributed by atoms with Crippen LogP contribution in [0.3, 0.4) is 0 Å². The molecule has 0 aliphatic heterocycles. The number of rotatable bonds is 4. The predicted octanol–water partition coefficient (Wildman–Crippen LogP) is 9.44. The van der Waals surface area contributed by atoms with E-state index in [4.69, 9.17) is 4.98 Å². The van der Waals surface area contributed by atoms with Crippen molar-refractivity contribution >= 4 is 44.8 Å². The summed E-state index contributed by atoms with van der Waals surface area (Å²) in [7, 11) is -1.32. The van der Waals surface area contributed by atoms with Crippen molar-refractivity contribution in [1.82, 2.24) is 9.97 Å². The summed E-state index contributed by atoms with van der Waals surface area (Å²) >= 11 is 1.86. The Kier molecular flexibility index (Phi) is 9.53. The van der Waals surface area contributed by atoms with Crippen molar-refractivity contribution in [2.75, 3.05) is 0 Å². The summed E-state index contributed by atoms with van der Waals surface area (Å²) in [6.07, 6.45) is 3.87. The number of thiophene rings is 1. The van der Waals surface area contributed by atoms with Crippen LogP contribution in [0, 0.1) is 19.1 Å². The molecule has 2 nitrogen and oxygen atoms in total. The summed E-state index contributed by atoms with van der Waals surface area (Å²) in [6, 6.07) is 34.1. The second-order valence-corrected chi connectivity index (χ2v) is 17.4. The van der Waals surface area contributed by atoms with Crippen LogP contribution in [0.25, 0.3) is 42.7 Å². The molecule has 3 aromatic carbocycles. The maximum Gasteiger partial charge on any atom is 0.0776 e. The first-order valence-electron chi connectivity index (χ1n) is 13.4. The summed E-state index contributed by atoms with van der Waals surface area (Å²) in [5.74, 6) is 0.501. The Hall–Kier alpha value is -2.95. The molecule has 3 aromatic heterocycles. The number of fused-ring (bicyclic) bond motifs is 3. The predicted molar refractivity (Wildman–Crippen MR) is 172 cm³/mol. The first kappa shape index (κ1) is 30.0. The van der Waals surface area contributed by atoms with Crippen molar-refractivity contribution in [3.05, 3.63) is 115 Å². The number of nitrogens with zero attached hydrogens (tertiary/aromatic N) is 2. The van der Waals surface area contributed by atoms with Gasteiger partial charge < -0.3 is 9.97 Å². The second-order valence-electron chi connectivity index (χ2n) is 11.3. The molecular formula is C35H34IrN2SSi-2. The number of pyridine rings is 2.